The molecule has 1 amide bonds. The van der Waals surface area contributed by atoms with Gasteiger partial charge in [0.25, 0.3) is 0 Å². The van der Waals surface area contributed by atoms with Gasteiger partial charge < -0.3 is 10.1 Å². The SMILES string of the molecule is COCCCNC(=O)CN1CC[C@H](C)C2(CCC2)C1. The number of carbonyl (C=O) groups excluding carboxylic acids is 1. The number of likely N-dealkylation sites (tertiary alicyclic amines) is 1. The van der Waals surface area contributed by atoms with E-state index < -0.39 is 0 Å². The Morgan fingerprint density at radius 3 is 2.89 bits per heavy atom. The molecule has 0 aromatic rings. The first-order chi connectivity index (χ1) is 9.16. The van der Waals surface area contributed by atoms with Crippen molar-refractivity contribution < 1.29 is 9.53 Å². The largest absolute Gasteiger partial charge is 0.385 e. The molecule has 0 unspecified atom stereocenters. The molecule has 2 aliphatic rings. The molecule has 2 rings (SSSR count). The topological polar surface area (TPSA) is 41.6 Å². The number of ether oxygens (including phenoxy) is 1. The van der Waals surface area contributed by atoms with Crippen LogP contribution in [0.25, 0.3) is 0 Å². The van der Waals surface area contributed by atoms with Gasteiger partial charge in [0.1, 0.15) is 0 Å². The number of amides is 1. The van der Waals surface area contributed by atoms with Crippen molar-refractivity contribution in [3.63, 3.8) is 0 Å². The second-order valence-electron chi connectivity index (χ2n) is 6.31. The minimum atomic E-state index is 0.167. The number of methoxy groups -OCH3 is 1. The van der Waals surface area contributed by atoms with E-state index in [4.69, 9.17) is 4.74 Å². The van der Waals surface area contributed by atoms with Crippen LogP contribution >= 0.6 is 0 Å². The number of piperidine rings is 1. The Labute approximate surface area is 116 Å². The third-order valence-corrected chi connectivity index (χ3v) is 5.03. The summed E-state index contributed by atoms with van der Waals surface area (Å²) in [6.45, 7) is 6.60. The average Bonchev–Trinajstić information content (AvgIpc) is 2.35. The Balaban J connectivity index is 1.69. The molecule has 0 aromatic heterocycles. The molecule has 2 fully saturated rings. The summed E-state index contributed by atoms with van der Waals surface area (Å²) in [4.78, 5) is 14.2. The van der Waals surface area contributed by atoms with Crippen LogP contribution < -0.4 is 5.32 Å². The summed E-state index contributed by atoms with van der Waals surface area (Å²) in [5, 5.41) is 2.98. The summed E-state index contributed by atoms with van der Waals surface area (Å²) < 4.78 is 4.97. The van der Waals surface area contributed by atoms with Crippen LogP contribution in [0.2, 0.25) is 0 Å². The predicted octanol–water partition coefficient (Wildman–Crippen LogP) is 1.65. The van der Waals surface area contributed by atoms with Crippen LogP contribution in [-0.2, 0) is 9.53 Å². The van der Waals surface area contributed by atoms with Crippen LogP contribution in [0.1, 0.15) is 39.0 Å². The lowest BCUT2D eigenvalue weighted by atomic mass is 9.59. The molecule has 1 spiro atoms. The van der Waals surface area contributed by atoms with Crippen LogP contribution in [0, 0.1) is 11.3 Å². The molecule has 1 N–H and O–H groups in total. The molecule has 0 aromatic carbocycles. The maximum atomic E-state index is 11.9. The molecule has 19 heavy (non-hydrogen) atoms. The molecule has 4 heteroatoms. The Hall–Kier alpha value is -0.610. The monoisotopic (exact) mass is 268 g/mol. The van der Waals surface area contributed by atoms with E-state index in [1.807, 2.05) is 0 Å². The average molecular weight is 268 g/mol. The van der Waals surface area contributed by atoms with Crippen LogP contribution in [0.15, 0.2) is 0 Å². The second-order valence-corrected chi connectivity index (χ2v) is 6.31. The zero-order valence-electron chi connectivity index (χ0n) is 12.4. The maximum absolute atomic E-state index is 11.9. The van der Waals surface area contributed by atoms with Gasteiger partial charge in [-0.3, -0.25) is 9.69 Å². The third kappa shape index (κ3) is 3.69. The number of carbonyl (C=O) groups is 1. The molecular weight excluding hydrogens is 240 g/mol. The van der Waals surface area contributed by atoms with Crippen molar-refractivity contribution in [2.45, 2.75) is 39.0 Å². The van der Waals surface area contributed by atoms with Gasteiger partial charge >= 0.3 is 0 Å². The van der Waals surface area contributed by atoms with Gasteiger partial charge in [-0.05, 0) is 43.6 Å². The summed E-state index contributed by atoms with van der Waals surface area (Å²) in [5.41, 5.74) is 0.536. The summed E-state index contributed by atoms with van der Waals surface area (Å²) in [6.07, 6.45) is 6.24. The maximum Gasteiger partial charge on any atom is 0.234 e. The van der Waals surface area contributed by atoms with E-state index >= 15 is 0 Å². The van der Waals surface area contributed by atoms with Crippen molar-refractivity contribution in [3.05, 3.63) is 0 Å². The smallest absolute Gasteiger partial charge is 0.234 e. The van der Waals surface area contributed by atoms with E-state index in [1.54, 1.807) is 7.11 Å². The normalized spacial score (nSPS) is 26.1. The van der Waals surface area contributed by atoms with Gasteiger partial charge in [0, 0.05) is 26.8 Å². The van der Waals surface area contributed by atoms with Gasteiger partial charge in [-0.15, -0.1) is 0 Å². The summed E-state index contributed by atoms with van der Waals surface area (Å²) in [7, 11) is 1.69. The van der Waals surface area contributed by atoms with Gasteiger partial charge in [-0.25, -0.2) is 0 Å². The van der Waals surface area contributed by atoms with E-state index in [0.29, 0.717) is 18.6 Å². The first-order valence-corrected chi connectivity index (χ1v) is 7.64. The fourth-order valence-electron chi connectivity index (χ4n) is 3.48. The van der Waals surface area contributed by atoms with Crippen LogP contribution in [0.3, 0.4) is 0 Å². The van der Waals surface area contributed by atoms with E-state index in [2.05, 4.69) is 17.1 Å². The molecule has 1 saturated heterocycles. The number of nitrogens with one attached hydrogen (secondary N) is 1. The van der Waals surface area contributed by atoms with Crippen LogP contribution in [0.5, 0.6) is 0 Å². The van der Waals surface area contributed by atoms with Gasteiger partial charge in [-0.1, -0.05) is 13.3 Å². The lowest BCUT2D eigenvalue weighted by Crippen LogP contribution is -2.53. The van der Waals surface area contributed by atoms with E-state index in [1.165, 1.54) is 25.7 Å². The number of hydrogen-bond acceptors (Lipinski definition) is 3. The van der Waals surface area contributed by atoms with Crippen LogP contribution in [-0.4, -0.2) is 50.7 Å². The van der Waals surface area contributed by atoms with Crippen molar-refractivity contribution in [2.75, 3.05) is 39.9 Å². The Morgan fingerprint density at radius 2 is 2.26 bits per heavy atom. The summed E-state index contributed by atoms with van der Waals surface area (Å²) >= 11 is 0. The third-order valence-electron chi connectivity index (χ3n) is 5.03. The molecule has 1 heterocycles. The van der Waals surface area contributed by atoms with Gasteiger partial charge in [-0.2, -0.15) is 0 Å². The summed E-state index contributed by atoms with van der Waals surface area (Å²) in [6, 6.07) is 0. The lowest BCUT2D eigenvalue weighted by Gasteiger charge is -2.53. The molecule has 0 bridgehead atoms. The first-order valence-electron chi connectivity index (χ1n) is 7.64. The van der Waals surface area contributed by atoms with Gasteiger partial charge in [0.05, 0.1) is 6.54 Å². The van der Waals surface area contributed by atoms with Crippen molar-refractivity contribution >= 4 is 5.91 Å². The molecule has 0 radical (unpaired) electrons. The van der Waals surface area contributed by atoms with E-state index in [0.717, 1.165) is 32.0 Å². The Kier molecular flexibility index (Phi) is 5.22. The number of hydrogen-bond donors (Lipinski definition) is 1. The zero-order chi connectivity index (χ0) is 13.7. The quantitative estimate of drug-likeness (QED) is 0.745. The number of nitrogens with zero attached hydrogens (tertiary/aromatic N) is 1. The van der Waals surface area contributed by atoms with Crippen LogP contribution in [0.4, 0.5) is 0 Å². The number of rotatable bonds is 6. The van der Waals surface area contributed by atoms with Crippen molar-refractivity contribution in [1.29, 1.82) is 0 Å². The summed E-state index contributed by atoms with van der Waals surface area (Å²) in [5.74, 6) is 1.00. The molecule has 1 aliphatic heterocycles. The molecular formula is C15H28N2O2. The lowest BCUT2D eigenvalue weighted by molar-refractivity contribution is -0.124. The minimum absolute atomic E-state index is 0.167. The van der Waals surface area contributed by atoms with Crippen molar-refractivity contribution in [2.24, 2.45) is 11.3 Å². The molecule has 1 saturated carbocycles. The first kappa shape index (κ1) is 14.8. The highest BCUT2D eigenvalue weighted by Gasteiger charge is 2.45. The molecule has 110 valence electrons. The Morgan fingerprint density at radius 1 is 1.47 bits per heavy atom. The van der Waals surface area contributed by atoms with Gasteiger partial charge in [0.15, 0.2) is 0 Å². The van der Waals surface area contributed by atoms with Gasteiger partial charge in [0.2, 0.25) is 5.91 Å². The van der Waals surface area contributed by atoms with E-state index in [9.17, 15) is 4.79 Å². The molecule has 1 aliphatic carbocycles. The van der Waals surface area contributed by atoms with Crippen molar-refractivity contribution in [1.82, 2.24) is 10.2 Å². The highest BCUT2D eigenvalue weighted by atomic mass is 16.5. The predicted molar refractivity (Wildman–Crippen MR) is 76.0 cm³/mol. The zero-order valence-corrected chi connectivity index (χ0v) is 12.4. The standard InChI is InChI=1S/C15H28N2O2/c1-13-5-9-17(12-15(13)6-3-7-15)11-14(18)16-8-4-10-19-2/h13H,3-12H2,1-2H3,(H,16,18)/t13-/m0/s1. The molecule has 4 nitrogen and oxygen atoms in total. The highest BCUT2D eigenvalue weighted by molar-refractivity contribution is 5.78. The Bertz CT molecular complexity index is 303. The second kappa shape index (κ2) is 6.71. The van der Waals surface area contributed by atoms with Crippen molar-refractivity contribution in [3.8, 4) is 0 Å². The van der Waals surface area contributed by atoms with E-state index in [-0.39, 0.29) is 5.91 Å². The fraction of sp³-hybridized carbons (Fsp3) is 0.933. The minimum Gasteiger partial charge on any atom is -0.385 e. The molecule has 1 atom stereocenters. The fourth-order valence-corrected chi connectivity index (χ4v) is 3.48. The highest BCUT2D eigenvalue weighted by Crippen LogP contribution is 2.50.